The number of carbonyl (C=O) groups is 2. The first-order valence-electron chi connectivity index (χ1n) is 7.13. The van der Waals surface area contributed by atoms with Gasteiger partial charge < -0.3 is 10.6 Å². The van der Waals surface area contributed by atoms with Gasteiger partial charge in [-0.05, 0) is 35.7 Å². The second kappa shape index (κ2) is 7.06. The van der Waals surface area contributed by atoms with Crippen molar-refractivity contribution in [3.05, 3.63) is 82.3 Å². The Kier molecular flexibility index (Phi) is 4.67. The fourth-order valence-electron chi connectivity index (χ4n) is 2.13. The lowest BCUT2D eigenvalue weighted by Crippen LogP contribution is -2.18. The summed E-state index contributed by atoms with van der Waals surface area (Å²) >= 11 is 1.41. The lowest BCUT2D eigenvalue weighted by molar-refractivity contribution is 0.102. The van der Waals surface area contributed by atoms with Crippen LogP contribution >= 0.6 is 11.3 Å². The van der Waals surface area contributed by atoms with E-state index in [1.54, 1.807) is 53.2 Å². The second-order valence-electron chi connectivity index (χ2n) is 4.95. The van der Waals surface area contributed by atoms with Gasteiger partial charge in [0, 0.05) is 5.38 Å². The van der Waals surface area contributed by atoms with Crippen LogP contribution in [0.5, 0.6) is 0 Å². The maximum atomic E-state index is 13.7. The molecule has 1 aromatic heterocycles. The number of rotatable bonds is 4. The summed E-state index contributed by atoms with van der Waals surface area (Å²) in [6.07, 6.45) is 0. The molecule has 2 aromatic carbocycles. The maximum absolute atomic E-state index is 13.7. The molecule has 0 saturated heterocycles. The Hall–Kier alpha value is -2.99. The van der Waals surface area contributed by atoms with E-state index < -0.39 is 11.7 Å². The van der Waals surface area contributed by atoms with E-state index >= 15 is 0 Å². The number of nitrogens with one attached hydrogen (secondary N) is 2. The second-order valence-corrected chi connectivity index (χ2v) is 5.73. The summed E-state index contributed by atoms with van der Waals surface area (Å²) in [5.41, 5.74) is 1.22. The normalized spacial score (nSPS) is 10.2. The first-order chi connectivity index (χ1) is 11.6. The third-order valence-electron chi connectivity index (χ3n) is 3.33. The number of halogens is 1. The maximum Gasteiger partial charge on any atom is 0.257 e. The lowest BCUT2D eigenvalue weighted by atomic mass is 10.1. The van der Waals surface area contributed by atoms with Crippen LogP contribution in [0.15, 0.2) is 65.4 Å². The molecule has 0 unspecified atom stereocenters. The molecule has 3 aromatic rings. The van der Waals surface area contributed by atoms with Crippen molar-refractivity contribution >= 4 is 34.5 Å². The van der Waals surface area contributed by atoms with Crippen LogP contribution in [-0.2, 0) is 0 Å². The standard InChI is InChI=1S/C18H13FN2O2S/c19-14-6-2-4-8-16(14)21-18(23)13-5-1-3-7-15(13)20-17(22)12-9-10-24-11-12/h1-11H,(H,20,22)(H,21,23). The highest BCUT2D eigenvalue weighted by Gasteiger charge is 2.15. The molecule has 0 aliphatic rings. The molecule has 0 radical (unpaired) electrons. The molecular weight excluding hydrogens is 327 g/mol. The van der Waals surface area contributed by atoms with Crippen LogP contribution in [0, 0.1) is 5.82 Å². The van der Waals surface area contributed by atoms with Crippen LogP contribution < -0.4 is 10.6 Å². The Labute approximate surface area is 142 Å². The first kappa shape index (κ1) is 15.9. The van der Waals surface area contributed by atoms with Crippen molar-refractivity contribution in [1.82, 2.24) is 0 Å². The molecule has 2 amide bonds. The molecule has 24 heavy (non-hydrogen) atoms. The molecule has 0 atom stereocenters. The third-order valence-corrected chi connectivity index (χ3v) is 4.01. The van der Waals surface area contributed by atoms with E-state index in [1.165, 1.54) is 23.5 Å². The average Bonchev–Trinajstić information content (AvgIpc) is 3.12. The van der Waals surface area contributed by atoms with Gasteiger partial charge in [0.25, 0.3) is 11.8 Å². The van der Waals surface area contributed by atoms with Gasteiger partial charge in [0.15, 0.2) is 0 Å². The molecule has 0 saturated carbocycles. The van der Waals surface area contributed by atoms with Crippen molar-refractivity contribution in [2.24, 2.45) is 0 Å². The highest BCUT2D eigenvalue weighted by molar-refractivity contribution is 7.08. The van der Waals surface area contributed by atoms with Gasteiger partial charge in [-0.3, -0.25) is 9.59 Å². The number of carbonyl (C=O) groups excluding carboxylic acids is 2. The van der Waals surface area contributed by atoms with Gasteiger partial charge in [-0.25, -0.2) is 4.39 Å². The van der Waals surface area contributed by atoms with Gasteiger partial charge in [0.2, 0.25) is 0 Å². The summed E-state index contributed by atoms with van der Waals surface area (Å²) in [7, 11) is 0. The van der Waals surface area contributed by atoms with E-state index in [2.05, 4.69) is 10.6 Å². The number of thiophene rings is 1. The highest BCUT2D eigenvalue weighted by Crippen LogP contribution is 2.20. The predicted octanol–water partition coefficient (Wildman–Crippen LogP) is 4.39. The number of amides is 2. The van der Waals surface area contributed by atoms with E-state index in [0.717, 1.165) is 0 Å². The predicted molar refractivity (Wildman–Crippen MR) is 93.1 cm³/mol. The Balaban J connectivity index is 1.82. The van der Waals surface area contributed by atoms with E-state index in [4.69, 9.17) is 0 Å². The van der Waals surface area contributed by atoms with Crippen molar-refractivity contribution in [3.8, 4) is 0 Å². The van der Waals surface area contributed by atoms with E-state index in [0.29, 0.717) is 11.3 Å². The monoisotopic (exact) mass is 340 g/mol. The van der Waals surface area contributed by atoms with Crippen molar-refractivity contribution in [3.63, 3.8) is 0 Å². The quantitative estimate of drug-likeness (QED) is 0.740. The molecule has 0 aliphatic carbocycles. The smallest absolute Gasteiger partial charge is 0.257 e. The summed E-state index contributed by atoms with van der Waals surface area (Å²) in [6, 6.07) is 14.2. The molecule has 0 aliphatic heterocycles. The van der Waals surface area contributed by atoms with Gasteiger partial charge in [0.1, 0.15) is 5.82 Å². The van der Waals surface area contributed by atoms with Crippen LogP contribution in [0.2, 0.25) is 0 Å². The number of benzene rings is 2. The summed E-state index contributed by atoms with van der Waals surface area (Å²) in [6.45, 7) is 0. The molecule has 0 fully saturated rings. The van der Waals surface area contributed by atoms with Gasteiger partial charge in [-0.2, -0.15) is 11.3 Å². The summed E-state index contributed by atoms with van der Waals surface area (Å²) < 4.78 is 13.7. The molecule has 4 nitrogen and oxygen atoms in total. The first-order valence-corrected chi connectivity index (χ1v) is 8.08. The Morgan fingerprint density at radius 1 is 0.833 bits per heavy atom. The molecule has 0 bridgehead atoms. The topological polar surface area (TPSA) is 58.2 Å². The zero-order valence-electron chi connectivity index (χ0n) is 12.5. The molecule has 1 heterocycles. The van der Waals surface area contributed by atoms with Gasteiger partial charge in [0.05, 0.1) is 22.5 Å². The molecule has 6 heteroatoms. The van der Waals surface area contributed by atoms with Crippen LogP contribution in [-0.4, -0.2) is 11.8 Å². The fraction of sp³-hybridized carbons (Fsp3) is 0. The van der Waals surface area contributed by atoms with Gasteiger partial charge in [-0.1, -0.05) is 24.3 Å². The third kappa shape index (κ3) is 3.49. The van der Waals surface area contributed by atoms with Crippen molar-refractivity contribution in [2.75, 3.05) is 10.6 Å². The van der Waals surface area contributed by atoms with Crippen LogP contribution in [0.25, 0.3) is 0 Å². The minimum Gasteiger partial charge on any atom is -0.321 e. The number of anilines is 2. The van der Waals surface area contributed by atoms with Crippen LogP contribution in [0.1, 0.15) is 20.7 Å². The fourth-order valence-corrected chi connectivity index (χ4v) is 2.77. The SMILES string of the molecule is O=C(Nc1ccccc1C(=O)Nc1ccccc1F)c1ccsc1. The largest absolute Gasteiger partial charge is 0.321 e. The summed E-state index contributed by atoms with van der Waals surface area (Å²) in [4.78, 5) is 24.6. The van der Waals surface area contributed by atoms with E-state index in [9.17, 15) is 14.0 Å². The van der Waals surface area contributed by atoms with E-state index in [1.807, 2.05) is 0 Å². The van der Waals surface area contributed by atoms with Gasteiger partial charge >= 0.3 is 0 Å². The Bertz CT molecular complexity index is 878. The minimum absolute atomic E-state index is 0.0847. The zero-order valence-corrected chi connectivity index (χ0v) is 13.3. The molecule has 120 valence electrons. The summed E-state index contributed by atoms with van der Waals surface area (Å²) in [5.74, 6) is -1.32. The molecular formula is C18H13FN2O2S. The van der Waals surface area contributed by atoms with Gasteiger partial charge in [-0.15, -0.1) is 0 Å². The lowest BCUT2D eigenvalue weighted by Gasteiger charge is -2.11. The van der Waals surface area contributed by atoms with Crippen LogP contribution in [0.4, 0.5) is 15.8 Å². The molecule has 2 N–H and O–H groups in total. The molecule has 0 spiro atoms. The number of hydrogen-bond donors (Lipinski definition) is 2. The highest BCUT2D eigenvalue weighted by atomic mass is 32.1. The van der Waals surface area contributed by atoms with Crippen molar-refractivity contribution in [1.29, 1.82) is 0 Å². The molecule has 3 rings (SSSR count). The summed E-state index contributed by atoms with van der Waals surface area (Å²) in [5, 5.41) is 8.74. The number of para-hydroxylation sites is 2. The average molecular weight is 340 g/mol. The minimum atomic E-state index is -0.523. The van der Waals surface area contributed by atoms with Crippen molar-refractivity contribution < 1.29 is 14.0 Å². The zero-order chi connectivity index (χ0) is 16.9. The Morgan fingerprint density at radius 2 is 1.50 bits per heavy atom. The van der Waals surface area contributed by atoms with Crippen molar-refractivity contribution in [2.45, 2.75) is 0 Å². The van der Waals surface area contributed by atoms with Crippen LogP contribution in [0.3, 0.4) is 0 Å². The Morgan fingerprint density at radius 3 is 2.21 bits per heavy atom. The van der Waals surface area contributed by atoms with E-state index in [-0.39, 0.29) is 17.2 Å². The number of hydrogen-bond acceptors (Lipinski definition) is 3.